The van der Waals surface area contributed by atoms with Crippen LogP contribution in [0.1, 0.15) is 37.4 Å². The Labute approximate surface area is 153 Å². The number of methoxy groups -OCH3 is 1. The van der Waals surface area contributed by atoms with Gasteiger partial charge in [-0.3, -0.25) is 9.59 Å². The molecule has 2 aliphatic heterocycles. The van der Waals surface area contributed by atoms with E-state index in [0.29, 0.717) is 24.9 Å². The predicted octanol–water partition coefficient (Wildman–Crippen LogP) is 1.04. The number of aromatic nitrogens is 2. The molecule has 3 rings (SSSR count). The number of carbonyl (C=O) groups is 2. The third kappa shape index (κ3) is 4.60. The molecule has 2 aliphatic rings. The third-order valence-corrected chi connectivity index (χ3v) is 5.43. The van der Waals surface area contributed by atoms with Crippen molar-refractivity contribution in [1.29, 1.82) is 0 Å². The van der Waals surface area contributed by atoms with Crippen LogP contribution in [-0.2, 0) is 20.7 Å². The molecule has 26 heavy (non-hydrogen) atoms. The zero-order chi connectivity index (χ0) is 18.5. The number of aryl methyl sites for hydroxylation is 1. The fourth-order valence-corrected chi connectivity index (χ4v) is 3.89. The first-order chi connectivity index (χ1) is 12.6. The van der Waals surface area contributed by atoms with Crippen molar-refractivity contribution in [2.75, 3.05) is 39.9 Å². The highest BCUT2D eigenvalue weighted by Gasteiger charge is 2.32. The Kier molecular flexibility index (Phi) is 6.24. The van der Waals surface area contributed by atoms with Gasteiger partial charge in [-0.15, -0.1) is 0 Å². The minimum absolute atomic E-state index is 0.0101. The molecule has 2 fully saturated rings. The number of likely N-dealkylation sites (tertiary alicyclic amines) is 2. The van der Waals surface area contributed by atoms with Crippen molar-refractivity contribution in [2.45, 2.75) is 39.0 Å². The molecule has 0 radical (unpaired) electrons. The van der Waals surface area contributed by atoms with Gasteiger partial charge >= 0.3 is 0 Å². The van der Waals surface area contributed by atoms with Crippen LogP contribution in [0.2, 0.25) is 0 Å². The maximum atomic E-state index is 12.8. The van der Waals surface area contributed by atoms with Gasteiger partial charge in [-0.1, -0.05) is 5.16 Å². The Morgan fingerprint density at radius 3 is 2.35 bits per heavy atom. The lowest BCUT2D eigenvalue weighted by molar-refractivity contribution is -0.143. The minimum Gasteiger partial charge on any atom is -0.375 e. The van der Waals surface area contributed by atoms with Gasteiger partial charge in [-0.25, -0.2) is 0 Å². The van der Waals surface area contributed by atoms with Crippen LogP contribution in [0, 0.1) is 18.8 Å². The average Bonchev–Trinajstić information content (AvgIpc) is 3.07. The van der Waals surface area contributed by atoms with Crippen molar-refractivity contribution < 1.29 is 18.8 Å². The lowest BCUT2D eigenvalue weighted by atomic mass is 9.90. The summed E-state index contributed by atoms with van der Waals surface area (Å²) in [6.07, 6.45) is 4.26. The van der Waals surface area contributed by atoms with Gasteiger partial charge in [0, 0.05) is 52.6 Å². The van der Waals surface area contributed by atoms with Gasteiger partial charge < -0.3 is 19.1 Å². The Morgan fingerprint density at radius 2 is 1.77 bits per heavy atom. The number of carbonyl (C=O) groups excluding carboxylic acids is 2. The lowest BCUT2D eigenvalue weighted by Crippen LogP contribution is -2.47. The monoisotopic (exact) mass is 364 g/mol. The molecule has 0 bridgehead atoms. The molecule has 0 aliphatic carbocycles. The first kappa shape index (κ1) is 18.8. The molecule has 0 N–H and O–H groups in total. The SMILES string of the molecule is COCC(=O)N1CCC(C(=O)N2CCC(Cc3noc(C)n3)CC2)CC1. The lowest BCUT2D eigenvalue weighted by Gasteiger charge is -2.37. The molecule has 8 nitrogen and oxygen atoms in total. The molecule has 0 aromatic carbocycles. The van der Waals surface area contributed by atoms with E-state index < -0.39 is 0 Å². The standard InChI is InChI=1S/C18H28N4O4/c1-13-19-16(20-26-13)11-14-3-7-22(8-4-14)18(24)15-5-9-21(10-6-15)17(23)12-25-2/h14-15H,3-12H2,1-2H3. The molecule has 8 heteroatoms. The summed E-state index contributed by atoms with van der Waals surface area (Å²) >= 11 is 0. The van der Waals surface area contributed by atoms with Crippen molar-refractivity contribution in [1.82, 2.24) is 19.9 Å². The molecule has 0 unspecified atom stereocenters. The highest BCUT2D eigenvalue weighted by molar-refractivity contribution is 5.80. The number of ether oxygens (including phenoxy) is 1. The number of rotatable bonds is 5. The van der Waals surface area contributed by atoms with Crippen LogP contribution < -0.4 is 0 Å². The van der Waals surface area contributed by atoms with Crippen molar-refractivity contribution in [3.05, 3.63) is 11.7 Å². The van der Waals surface area contributed by atoms with E-state index in [-0.39, 0.29) is 24.3 Å². The molecule has 2 amide bonds. The van der Waals surface area contributed by atoms with Crippen molar-refractivity contribution in [2.24, 2.45) is 11.8 Å². The summed E-state index contributed by atoms with van der Waals surface area (Å²) in [5.41, 5.74) is 0. The number of hydrogen-bond acceptors (Lipinski definition) is 6. The molecule has 0 atom stereocenters. The van der Waals surface area contributed by atoms with E-state index in [0.717, 1.165) is 51.0 Å². The van der Waals surface area contributed by atoms with E-state index in [1.165, 1.54) is 7.11 Å². The fraction of sp³-hybridized carbons (Fsp3) is 0.778. The van der Waals surface area contributed by atoms with Crippen LogP contribution in [0.4, 0.5) is 0 Å². The Balaban J connectivity index is 1.42. The highest BCUT2D eigenvalue weighted by Crippen LogP contribution is 2.25. The quantitative estimate of drug-likeness (QED) is 0.776. The third-order valence-electron chi connectivity index (χ3n) is 5.43. The maximum Gasteiger partial charge on any atom is 0.248 e. The van der Waals surface area contributed by atoms with E-state index in [9.17, 15) is 9.59 Å². The van der Waals surface area contributed by atoms with Crippen molar-refractivity contribution in [3.8, 4) is 0 Å². The average molecular weight is 364 g/mol. The zero-order valence-corrected chi connectivity index (χ0v) is 15.6. The molecule has 1 aromatic heterocycles. The smallest absolute Gasteiger partial charge is 0.248 e. The topological polar surface area (TPSA) is 88.8 Å². The second-order valence-electron chi connectivity index (χ2n) is 7.29. The first-order valence-electron chi connectivity index (χ1n) is 9.41. The van der Waals surface area contributed by atoms with Gasteiger partial charge in [0.15, 0.2) is 5.82 Å². The summed E-state index contributed by atoms with van der Waals surface area (Å²) in [4.78, 5) is 32.7. The summed E-state index contributed by atoms with van der Waals surface area (Å²) in [6, 6.07) is 0. The van der Waals surface area contributed by atoms with Gasteiger partial charge in [0.05, 0.1) is 0 Å². The summed E-state index contributed by atoms with van der Waals surface area (Å²) in [5.74, 6) is 2.17. The summed E-state index contributed by atoms with van der Waals surface area (Å²) in [5, 5.41) is 3.96. The second-order valence-corrected chi connectivity index (χ2v) is 7.29. The van der Waals surface area contributed by atoms with Gasteiger partial charge in [-0.05, 0) is 31.6 Å². The Bertz CT molecular complexity index is 616. The van der Waals surface area contributed by atoms with E-state index in [1.54, 1.807) is 11.8 Å². The summed E-state index contributed by atoms with van der Waals surface area (Å²) in [7, 11) is 1.53. The molecule has 0 spiro atoms. The normalized spacial score (nSPS) is 19.8. The molecule has 2 saturated heterocycles. The number of amides is 2. The Morgan fingerprint density at radius 1 is 1.12 bits per heavy atom. The highest BCUT2D eigenvalue weighted by atomic mass is 16.5. The van der Waals surface area contributed by atoms with Gasteiger partial charge in [-0.2, -0.15) is 4.98 Å². The van der Waals surface area contributed by atoms with Crippen LogP contribution in [0.5, 0.6) is 0 Å². The Hall–Kier alpha value is -1.96. The van der Waals surface area contributed by atoms with Crippen LogP contribution in [0.25, 0.3) is 0 Å². The first-order valence-corrected chi connectivity index (χ1v) is 9.41. The van der Waals surface area contributed by atoms with Crippen LogP contribution in [0.15, 0.2) is 4.52 Å². The van der Waals surface area contributed by atoms with Gasteiger partial charge in [0.2, 0.25) is 17.7 Å². The minimum atomic E-state index is 0.0101. The number of nitrogens with zero attached hydrogens (tertiary/aromatic N) is 4. The predicted molar refractivity (Wildman–Crippen MR) is 93.2 cm³/mol. The molecule has 0 saturated carbocycles. The zero-order valence-electron chi connectivity index (χ0n) is 15.6. The van der Waals surface area contributed by atoms with E-state index in [1.807, 2.05) is 4.90 Å². The molecule has 1 aromatic rings. The molecular weight excluding hydrogens is 336 g/mol. The van der Waals surface area contributed by atoms with Gasteiger partial charge in [0.25, 0.3) is 0 Å². The maximum absolute atomic E-state index is 12.8. The van der Waals surface area contributed by atoms with E-state index in [2.05, 4.69) is 10.1 Å². The number of hydrogen-bond donors (Lipinski definition) is 0. The van der Waals surface area contributed by atoms with Crippen molar-refractivity contribution >= 4 is 11.8 Å². The molecule has 144 valence electrons. The van der Waals surface area contributed by atoms with E-state index >= 15 is 0 Å². The molecular formula is C18H28N4O4. The second kappa shape index (κ2) is 8.62. The largest absolute Gasteiger partial charge is 0.375 e. The van der Waals surface area contributed by atoms with Crippen LogP contribution in [0.3, 0.4) is 0 Å². The van der Waals surface area contributed by atoms with E-state index in [4.69, 9.17) is 9.26 Å². The summed E-state index contributed by atoms with van der Waals surface area (Å²) in [6.45, 7) is 4.79. The molecule has 3 heterocycles. The number of piperidine rings is 2. The fourth-order valence-electron chi connectivity index (χ4n) is 3.89. The summed E-state index contributed by atoms with van der Waals surface area (Å²) < 4.78 is 9.92. The van der Waals surface area contributed by atoms with Crippen molar-refractivity contribution in [3.63, 3.8) is 0 Å². The van der Waals surface area contributed by atoms with Crippen LogP contribution >= 0.6 is 0 Å². The van der Waals surface area contributed by atoms with Gasteiger partial charge in [0.1, 0.15) is 6.61 Å². The van der Waals surface area contributed by atoms with Crippen LogP contribution in [-0.4, -0.2) is 71.7 Å².